The molecule has 0 aliphatic rings. The normalized spacial score (nSPS) is 12.9. The molecule has 0 bridgehead atoms. The van der Waals surface area contributed by atoms with Crippen LogP contribution in [-0.2, 0) is 28.9 Å². The summed E-state index contributed by atoms with van der Waals surface area (Å²) in [6, 6.07) is 26.9. The van der Waals surface area contributed by atoms with Crippen LogP contribution in [0.4, 0.5) is 13.2 Å². The van der Waals surface area contributed by atoms with Gasteiger partial charge in [0.1, 0.15) is 11.6 Å². The zero-order valence-corrected chi connectivity index (χ0v) is 27.0. The van der Waals surface area contributed by atoms with Crippen LogP contribution in [-0.4, -0.2) is 43.9 Å². The lowest BCUT2D eigenvalue weighted by atomic mass is 9.90. The third-order valence-electron chi connectivity index (χ3n) is 7.67. The largest absolute Gasteiger partial charge is 0.491 e. The molecule has 0 spiro atoms. The number of hydrogen-bond donors (Lipinski definition) is 1. The number of aliphatic hydroxyl groups is 1. The maximum atomic E-state index is 14.7. The van der Waals surface area contributed by atoms with Gasteiger partial charge in [0, 0.05) is 55.9 Å². The van der Waals surface area contributed by atoms with Crippen molar-refractivity contribution in [2.75, 3.05) is 19.3 Å². The second-order valence-corrected chi connectivity index (χ2v) is 13.7. The summed E-state index contributed by atoms with van der Waals surface area (Å²) in [5, 5.41) is 9.53. The molecule has 4 rings (SSSR count). The summed E-state index contributed by atoms with van der Waals surface area (Å²) in [7, 11) is -3.83. The highest BCUT2D eigenvalue weighted by Crippen LogP contribution is 2.36. The molecule has 4 aromatic carbocycles. The number of hydrogen-bond acceptors (Lipinski definition) is 5. The Morgan fingerprint density at radius 1 is 0.956 bits per heavy atom. The van der Waals surface area contributed by atoms with Gasteiger partial charge in [-0.3, -0.25) is 4.90 Å². The number of halogens is 4. The molecular formula is C35H37ClF3NO4S. The van der Waals surface area contributed by atoms with Crippen molar-refractivity contribution in [3.63, 3.8) is 0 Å². The molecule has 0 aromatic heterocycles. The Morgan fingerprint density at radius 3 is 2.09 bits per heavy atom. The second-order valence-electron chi connectivity index (χ2n) is 11.3. The Bertz CT molecular complexity index is 1640. The van der Waals surface area contributed by atoms with E-state index in [0.717, 1.165) is 30.4 Å². The van der Waals surface area contributed by atoms with Crippen LogP contribution in [0.2, 0.25) is 5.02 Å². The van der Waals surface area contributed by atoms with E-state index in [4.69, 9.17) is 16.3 Å². The van der Waals surface area contributed by atoms with E-state index in [1.165, 1.54) is 12.1 Å². The molecule has 0 radical (unpaired) electrons. The summed E-state index contributed by atoms with van der Waals surface area (Å²) < 4.78 is 73.8. The van der Waals surface area contributed by atoms with Crippen molar-refractivity contribution in [1.82, 2.24) is 4.90 Å². The van der Waals surface area contributed by atoms with E-state index in [1.54, 1.807) is 19.1 Å². The number of nitrogens with zero attached hydrogens (tertiary/aromatic N) is 1. The minimum Gasteiger partial charge on any atom is -0.491 e. The SMILES string of the molecule is CC(CCN(Cc1cccc(C(C)(F)F)c1Cl)CC(c1ccccc1)c1ccccc1)Oc1cc(F)c(CO)c(S(C)(=O)=O)c1. The first-order chi connectivity index (χ1) is 21.3. The van der Waals surface area contributed by atoms with Crippen molar-refractivity contribution in [2.45, 2.75) is 56.3 Å². The van der Waals surface area contributed by atoms with Crippen LogP contribution in [0.3, 0.4) is 0 Å². The number of sulfone groups is 1. The molecule has 1 N–H and O–H groups in total. The van der Waals surface area contributed by atoms with E-state index in [0.29, 0.717) is 25.1 Å². The zero-order valence-electron chi connectivity index (χ0n) is 25.4. The van der Waals surface area contributed by atoms with E-state index in [9.17, 15) is 26.7 Å². The van der Waals surface area contributed by atoms with E-state index in [-0.39, 0.29) is 39.3 Å². The van der Waals surface area contributed by atoms with Crippen LogP contribution in [0.1, 0.15) is 54.0 Å². The Labute approximate surface area is 268 Å². The number of ether oxygens (including phenoxy) is 1. The van der Waals surface area contributed by atoms with Crippen LogP contribution in [0.25, 0.3) is 0 Å². The number of alkyl halides is 2. The second kappa shape index (κ2) is 14.8. The van der Waals surface area contributed by atoms with Crippen molar-refractivity contribution in [2.24, 2.45) is 0 Å². The lowest BCUT2D eigenvalue weighted by Crippen LogP contribution is -2.32. The van der Waals surface area contributed by atoms with Gasteiger partial charge in [0.15, 0.2) is 9.84 Å². The molecular weight excluding hydrogens is 623 g/mol. The molecule has 4 aromatic rings. The monoisotopic (exact) mass is 659 g/mol. The smallest absolute Gasteiger partial charge is 0.271 e. The Hall–Kier alpha value is -3.37. The van der Waals surface area contributed by atoms with Crippen molar-refractivity contribution in [3.8, 4) is 5.75 Å². The van der Waals surface area contributed by atoms with Gasteiger partial charge < -0.3 is 9.84 Å². The quantitative estimate of drug-likeness (QED) is 0.149. The van der Waals surface area contributed by atoms with Crippen LogP contribution >= 0.6 is 11.6 Å². The standard InChI is InChI=1S/C35H37ClF3NO4S/c1-24(44-28-19-32(37)30(23-41)33(20-28)45(3,42)43)17-18-40(21-27-15-10-16-31(34(27)36)35(2,38)39)22-29(25-11-6-4-7-12-25)26-13-8-5-9-14-26/h4-16,19-20,24,29,41H,17-18,21-23H2,1-3H3. The van der Waals surface area contributed by atoms with Crippen LogP contribution in [0, 0.1) is 5.82 Å². The van der Waals surface area contributed by atoms with E-state index in [1.807, 2.05) is 36.4 Å². The molecule has 0 aliphatic carbocycles. The van der Waals surface area contributed by atoms with Crippen molar-refractivity contribution in [3.05, 3.63) is 130 Å². The van der Waals surface area contributed by atoms with Gasteiger partial charge in [-0.25, -0.2) is 21.6 Å². The van der Waals surface area contributed by atoms with Gasteiger partial charge in [-0.2, -0.15) is 0 Å². The maximum Gasteiger partial charge on any atom is 0.271 e. The van der Waals surface area contributed by atoms with Gasteiger partial charge in [0.2, 0.25) is 0 Å². The summed E-state index contributed by atoms with van der Waals surface area (Å²) in [6.07, 6.45) is 0.902. The molecule has 240 valence electrons. The maximum absolute atomic E-state index is 14.7. The van der Waals surface area contributed by atoms with Gasteiger partial charge in [-0.15, -0.1) is 0 Å². The third kappa shape index (κ3) is 9.10. The predicted octanol–water partition coefficient (Wildman–Crippen LogP) is 7.98. The summed E-state index contributed by atoms with van der Waals surface area (Å²) in [5.74, 6) is -4.00. The van der Waals surface area contributed by atoms with Gasteiger partial charge in [-0.05, 0) is 36.1 Å². The lowest BCUT2D eigenvalue weighted by molar-refractivity contribution is 0.0174. The molecule has 0 aliphatic heterocycles. The van der Waals surface area contributed by atoms with E-state index < -0.39 is 34.3 Å². The predicted molar refractivity (Wildman–Crippen MR) is 171 cm³/mol. The minimum absolute atomic E-state index is 0.0167. The fourth-order valence-electron chi connectivity index (χ4n) is 5.34. The minimum atomic E-state index is -3.83. The summed E-state index contributed by atoms with van der Waals surface area (Å²) in [6.45, 7) is 3.10. The first-order valence-electron chi connectivity index (χ1n) is 14.6. The van der Waals surface area contributed by atoms with Crippen LogP contribution < -0.4 is 4.74 Å². The van der Waals surface area contributed by atoms with Gasteiger partial charge in [0.05, 0.1) is 22.6 Å². The molecule has 0 saturated carbocycles. The first kappa shape index (κ1) is 34.5. The van der Waals surface area contributed by atoms with Gasteiger partial charge in [-0.1, -0.05) is 90.5 Å². The van der Waals surface area contributed by atoms with E-state index in [2.05, 4.69) is 29.2 Å². The molecule has 1 unspecified atom stereocenters. The molecule has 10 heteroatoms. The fraction of sp³-hybridized carbons (Fsp3) is 0.314. The zero-order chi connectivity index (χ0) is 32.8. The summed E-state index contributed by atoms with van der Waals surface area (Å²) >= 11 is 6.54. The van der Waals surface area contributed by atoms with Crippen LogP contribution in [0.5, 0.6) is 5.75 Å². The fourth-order valence-corrected chi connectivity index (χ4v) is 6.64. The average molecular weight is 660 g/mol. The Balaban J connectivity index is 1.62. The molecule has 0 saturated heterocycles. The highest BCUT2D eigenvalue weighted by Gasteiger charge is 2.29. The molecule has 1 atom stereocenters. The van der Waals surface area contributed by atoms with Crippen molar-refractivity contribution in [1.29, 1.82) is 0 Å². The molecule has 5 nitrogen and oxygen atoms in total. The lowest BCUT2D eigenvalue weighted by Gasteiger charge is -2.30. The number of aliphatic hydroxyl groups excluding tert-OH is 1. The van der Waals surface area contributed by atoms with Gasteiger partial charge >= 0.3 is 0 Å². The molecule has 0 fully saturated rings. The summed E-state index contributed by atoms with van der Waals surface area (Å²) in [5.41, 5.74) is 2.18. The van der Waals surface area contributed by atoms with Crippen LogP contribution in [0.15, 0.2) is 95.9 Å². The third-order valence-corrected chi connectivity index (χ3v) is 9.27. The average Bonchev–Trinajstić information content (AvgIpc) is 2.99. The Kier molecular flexibility index (Phi) is 11.4. The highest BCUT2D eigenvalue weighted by molar-refractivity contribution is 7.90. The van der Waals surface area contributed by atoms with Crippen molar-refractivity contribution < 1.29 is 31.4 Å². The Morgan fingerprint density at radius 2 is 1.56 bits per heavy atom. The van der Waals surface area contributed by atoms with E-state index >= 15 is 0 Å². The molecule has 0 heterocycles. The van der Waals surface area contributed by atoms with Crippen molar-refractivity contribution >= 4 is 21.4 Å². The highest BCUT2D eigenvalue weighted by atomic mass is 35.5. The molecule has 45 heavy (non-hydrogen) atoms. The topological polar surface area (TPSA) is 66.8 Å². The first-order valence-corrected chi connectivity index (χ1v) is 16.8. The number of benzene rings is 4. The number of rotatable bonds is 14. The summed E-state index contributed by atoms with van der Waals surface area (Å²) in [4.78, 5) is 1.80. The molecule has 0 amide bonds. The van der Waals surface area contributed by atoms with Gasteiger partial charge in [0.25, 0.3) is 5.92 Å².